The van der Waals surface area contributed by atoms with Gasteiger partial charge in [0.1, 0.15) is 5.76 Å². The summed E-state index contributed by atoms with van der Waals surface area (Å²) < 4.78 is 10.9. The number of aromatic nitrogens is 2. The van der Waals surface area contributed by atoms with Crippen LogP contribution in [0, 0.1) is 18.3 Å². The van der Waals surface area contributed by atoms with Gasteiger partial charge in [0.2, 0.25) is 0 Å². The van der Waals surface area contributed by atoms with Crippen molar-refractivity contribution < 1.29 is 14.1 Å². The fourth-order valence-electron chi connectivity index (χ4n) is 3.89. The molecular formula is C18H22N4O3. The maximum Gasteiger partial charge on any atom is 0.252 e. The number of nitrogens with one attached hydrogen (secondary N) is 1. The number of hydrogen-bond donors (Lipinski definition) is 1. The third-order valence-corrected chi connectivity index (χ3v) is 5.18. The number of pyridine rings is 1. The van der Waals surface area contributed by atoms with Crippen LogP contribution in [0.3, 0.4) is 0 Å². The van der Waals surface area contributed by atoms with Crippen molar-refractivity contribution >= 4 is 5.91 Å². The van der Waals surface area contributed by atoms with Crippen LogP contribution in [0.1, 0.15) is 21.8 Å². The fourth-order valence-corrected chi connectivity index (χ4v) is 3.89. The molecule has 7 nitrogen and oxygen atoms in total. The molecule has 2 saturated heterocycles. The third kappa shape index (κ3) is 3.29. The number of carbonyl (C=O) groups excluding carboxylic acids is 1. The van der Waals surface area contributed by atoms with Crippen molar-refractivity contribution in [1.29, 1.82) is 0 Å². The van der Waals surface area contributed by atoms with Gasteiger partial charge >= 0.3 is 0 Å². The lowest BCUT2D eigenvalue weighted by molar-refractivity contribution is 0.0903. The van der Waals surface area contributed by atoms with E-state index in [1.807, 2.05) is 13.0 Å². The van der Waals surface area contributed by atoms with Gasteiger partial charge in [-0.05, 0) is 19.1 Å². The lowest BCUT2D eigenvalue weighted by Crippen LogP contribution is -2.43. The molecule has 0 saturated carbocycles. The predicted octanol–water partition coefficient (Wildman–Crippen LogP) is 1.26. The van der Waals surface area contributed by atoms with Crippen LogP contribution in [0.2, 0.25) is 0 Å². The van der Waals surface area contributed by atoms with E-state index in [4.69, 9.17) is 9.26 Å². The van der Waals surface area contributed by atoms with Crippen molar-refractivity contribution in [3.8, 4) is 0 Å². The van der Waals surface area contributed by atoms with Crippen molar-refractivity contribution in [1.82, 2.24) is 20.4 Å². The zero-order valence-electron chi connectivity index (χ0n) is 14.3. The number of amides is 1. The number of aryl methyl sites for hydroxylation is 1. The van der Waals surface area contributed by atoms with Crippen LogP contribution in [0.25, 0.3) is 0 Å². The smallest absolute Gasteiger partial charge is 0.252 e. The molecule has 25 heavy (non-hydrogen) atoms. The number of hydrogen-bond acceptors (Lipinski definition) is 6. The van der Waals surface area contributed by atoms with Crippen molar-refractivity contribution in [2.45, 2.75) is 13.5 Å². The molecule has 0 aromatic carbocycles. The van der Waals surface area contributed by atoms with E-state index in [0.717, 1.165) is 37.7 Å². The second kappa shape index (κ2) is 6.57. The first-order valence-corrected chi connectivity index (χ1v) is 8.55. The molecule has 0 aliphatic carbocycles. The number of ether oxygens (including phenoxy) is 1. The minimum atomic E-state index is -0.0845. The summed E-state index contributed by atoms with van der Waals surface area (Å²) in [6.45, 7) is 6.55. The first-order chi connectivity index (χ1) is 12.1. The fraction of sp³-hybridized carbons (Fsp3) is 0.500. The van der Waals surface area contributed by atoms with E-state index >= 15 is 0 Å². The molecule has 2 aliphatic heterocycles. The molecule has 2 atom stereocenters. The highest BCUT2D eigenvalue weighted by Crippen LogP contribution is 2.41. The maximum absolute atomic E-state index is 12.3. The summed E-state index contributed by atoms with van der Waals surface area (Å²) in [5.74, 6) is 1.17. The van der Waals surface area contributed by atoms with Crippen molar-refractivity contribution in [3.05, 3.63) is 47.6 Å². The van der Waals surface area contributed by atoms with Gasteiger partial charge in [0.15, 0.2) is 0 Å². The SMILES string of the molecule is Cc1cc(CN2C[C@@H]3COC[C@]3(CNC(=O)c3cccnc3)C2)no1. The van der Waals surface area contributed by atoms with Gasteiger partial charge in [0.05, 0.1) is 24.5 Å². The minimum Gasteiger partial charge on any atom is -0.380 e. The van der Waals surface area contributed by atoms with Gasteiger partial charge < -0.3 is 14.6 Å². The maximum atomic E-state index is 12.3. The Balaban J connectivity index is 1.40. The number of rotatable bonds is 5. The summed E-state index contributed by atoms with van der Waals surface area (Å²) in [4.78, 5) is 18.7. The first kappa shape index (κ1) is 16.2. The molecule has 2 aliphatic rings. The van der Waals surface area contributed by atoms with E-state index in [9.17, 15) is 4.79 Å². The summed E-state index contributed by atoms with van der Waals surface area (Å²) in [5, 5.41) is 7.16. The minimum absolute atomic E-state index is 0.0311. The van der Waals surface area contributed by atoms with E-state index in [1.165, 1.54) is 0 Å². The molecule has 2 fully saturated rings. The van der Waals surface area contributed by atoms with Gasteiger partial charge in [0, 0.05) is 56.0 Å². The Labute approximate surface area is 146 Å². The summed E-state index contributed by atoms with van der Waals surface area (Å²) in [6.07, 6.45) is 3.25. The second-order valence-electron chi connectivity index (χ2n) is 7.10. The Hall–Kier alpha value is -2.25. The standard InChI is InChI=1S/C18H22N4O3/c1-13-5-16(21-25-13)8-22-7-15-9-24-12-18(15,11-22)10-20-17(23)14-3-2-4-19-6-14/h2-6,15H,7-12H2,1H3,(H,20,23)/t15-,18+/m1/s1. The first-order valence-electron chi connectivity index (χ1n) is 8.55. The molecular weight excluding hydrogens is 320 g/mol. The molecule has 7 heteroatoms. The van der Waals surface area contributed by atoms with Crippen LogP contribution in [0.4, 0.5) is 0 Å². The van der Waals surface area contributed by atoms with E-state index in [-0.39, 0.29) is 11.3 Å². The predicted molar refractivity (Wildman–Crippen MR) is 89.8 cm³/mol. The average molecular weight is 342 g/mol. The Morgan fingerprint density at radius 2 is 2.44 bits per heavy atom. The molecule has 0 radical (unpaired) electrons. The van der Waals surface area contributed by atoms with Gasteiger partial charge in [-0.25, -0.2) is 0 Å². The lowest BCUT2D eigenvalue weighted by atomic mass is 9.81. The number of nitrogens with zero attached hydrogens (tertiary/aromatic N) is 3. The molecule has 0 unspecified atom stereocenters. The summed E-state index contributed by atoms with van der Waals surface area (Å²) >= 11 is 0. The van der Waals surface area contributed by atoms with E-state index < -0.39 is 0 Å². The van der Waals surface area contributed by atoms with Gasteiger partial charge in [-0.3, -0.25) is 14.7 Å². The Bertz CT molecular complexity index is 748. The lowest BCUT2D eigenvalue weighted by Gasteiger charge is -2.27. The highest BCUT2D eigenvalue weighted by atomic mass is 16.5. The van der Waals surface area contributed by atoms with Crippen LogP contribution in [-0.2, 0) is 11.3 Å². The molecule has 4 heterocycles. The zero-order chi connectivity index (χ0) is 17.3. The summed E-state index contributed by atoms with van der Waals surface area (Å²) in [5.41, 5.74) is 1.51. The quantitative estimate of drug-likeness (QED) is 0.881. The molecule has 4 rings (SSSR count). The van der Waals surface area contributed by atoms with Gasteiger partial charge in [-0.1, -0.05) is 5.16 Å². The molecule has 0 bridgehead atoms. The number of carbonyl (C=O) groups is 1. The topological polar surface area (TPSA) is 80.5 Å². The van der Waals surface area contributed by atoms with Crippen molar-refractivity contribution in [2.75, 3.05) is 32.8 Å². The second-order valence-corrected chi connectivity index (χ2v) is 7.10. The van der Waals surface area contributed by atoms with E-state index in [1.54, 1.807) is 24.5 Å². The number of fused-ring (bicyclic) bond motifs is 1. The molecule has 132 valence electrons. The Morgan fingerprint density at radius 1 is 1.52 bits per heavy atom. The van der Waals surface area contributed by atoms with Gasteiger partial charge in [-0.15, -0.1) is 0 Å². The van der Waals surface area contributed by atoms with Gasteiger partial charge in [-0.2, -0.15) is 0 Å². The monoisotopic (exact) mass is 342 g/mol. The van der Waals surface area contributed by atoms with E-state index in [0.29, 0.717) is 24.6 Å². The van der Waals surface area contributed by atoms with Crippen LogP contribution in [0.15, 0.2) is 35.1 Å². The Morgan fingerprint density at radius 3 is 3.20 bits per heavy atom. The van der Waals surface area contributed by atoms with Crippen LogP contribution in [-0.4, -0.2) is 53.8 Å². The zero-order valence-corrected chi connectivity index (χ0v) is 14.3. The molecule has 1 N–H and O–H groups in total. The molecule has 2 aromatic heterocycles. The van der Waals surface area contributed by atoms with Gasteiger partial charge in [0.25, 0.3) is 5.91 Å². The third-order valence-electron chi connectivity index (χ3n) is 5.18. The largest absolute Gasteiger partial charge is 0.380 e. The molecule has 2 aromatic rings. The Kier molecular flexibility index (Phi) is 4.27. The average Bonchev–Trinajstić information content (AvgIpc) is 3.28. The molecule has 0 spiro atoms. The summed E-state index contributed by atoms with van der Waals surface area (Å²) in [6, 6.07) is 5.52. The highest BCUT2D eigenvalue weighted by molar-refractivity contribution is 5.93. The van der Waals surface area contributed by atoms with Crippen molar-refractivity contribution in [3.63, 3.8) is 0 Å². The highest BCUT2D eigenvalue weighted by Gasteiger charge is 2.50. The normalized spacial score (nSPS) is 25.9. The van der Waals surface area contributed by atoms with Crippen LogP contribution < -0.4 is 5.32 Å². The van der Waals surface area contributed by atoms with E-state index in [2.05, 4.69) is 20.4 Å². The van der Waals surface area contributed by atoms with Crippen LogP contribution in [0.5, 0.6) is 0 Å². The number of likely N-dealkylation sites (tertiary alicyclic amines) is 1. The molecule has 1 amide bonds. The summed E-state index contributed by atoms with van der Waals surface area (Å²) in [7, 11) is 0. The van der Waals surface area contributed by atoms with Crippen LogP contribution >= 0.6 is 0 Å². The van der Waals surface area contributed by atoms with Crippen molar-refractivity contribution in [2.24, 2.45) is 11.3 Å².